The standard InChI is InChI=1S/C11H13N3O/c1-3-4-11(13-14-12)9-5-7-10(15-2)8-6-9/h3,5-8,11H,1,4H2,2H3. The highest BCUT2D eigenvalue weighted by molar-refractivity contribution is 5.29. The molecule has 0 heterocycles. The third kappa shape index (κ3) is 3.04. The van der Waals surface area contributed by atoms with E-state index in [2.05, 4.69) is 16.6 Å². The van der Waals surface area contributed by atoms with Crippen molar-refractivity contribution in [2.24, 2.45) is 5.11 Å². The molecule has 0 N–H and O–H groups in total. The second-order valence-electron chi connectivity index (χ2n) is 3.02. The molecule has 0 spiro atoms. The van der Waals surface area contributed by atoms with E-state index in [1.54, 1.807) is 13.2 Å². The number of hydrogen-bond donors (Lipinski definition) is 0. The van der Waals surface area contributed by atoms with Gasteiger partial charge in [0.25, 0.3) is 0 Å². The topological polar surface area (TPSA) is 58.0 Å². The molecular formula is C11H13N3O. The molecule has 1 aromatic carbocycles. The number of methoxy groups -OCH3 is 1. The maximum atomic E-state index is 8.42. The number of nitrogens with zero attached hydrogens (tertiary/aromatic N) is 3. The van der Waals surface area contributed by atoms with E-state index >= 15 is 0 Å². The maximum absolute atomic E-state index is 8.42. The summed E-state index contributed by atoms with van der Waals surface area (Å²) in [5.74, 6) is 0.789. The van der Waals surface area contributed by atoms with Crippen molar-refractivity contribution in [3.8, 4) is 5.75 Å². The lowest BCUT2D eigenvalue weighted by atomic mass is 10.0. The highest BCUT2D eigenvalue weighted by atomic mass is 16.5. The molecule has 0 fully saturated rings. The lowest BCUT2D eigenvalue weighted by molar-refractivity contribution is 0.414. The first kappa shape index (κ1) is 11.1. The van der Waals surface area contributed by atoms with Crippen LogP contribution < -0.4 is 4.74 Å². The largest absolute Gasteiger partial charge is 0.497 e. The minimum atomic E-state index is -0.182. The first-order valence-electron chi connectivity index (χ1n) is 4.61. The zero-order chi connectivity index (χ0) is 11.1. The molecule has 1 rings (SSSR count). The zero-order valence-electron chi connectivity index (χ0n) is 8.63. The Morgan fingerprint density at radius 3 is 2.67 bits per heavy atom. The summed E-state index contributed by atoms with van der Waals surface area (Å²) in [6.45, 7) is 3.63. The van der Waals surface area contributed by atoms with Gasteiger partial charge in [0.2, 0.25) is 0 Å². The minimum absolute atomic E-state index is 0.182. The zero-order valence-corrected chi connectivity index (χ0v) is 8.63. The smallest absolute Gasteiger partial charge is 0.118 e. The van der Waals surface area contributed by atoms with Crippen LogP contribution in [0.2, 0.25) is 0 Å². The number of azide groups is 1. The van der Waals surface area contributed by atoms with Gasteiger partial charge in [-0.1, -0.05) is 23.3 Å². The van der Waals surface area contributed by atoms with Gasteiger partial charge in [0.15, 0.2) is 0 Å². The van der Waals surface area contributed by atoms with Crippen LogP contribution in [0.25, 0.3) is 10.4 Å². The normalized spacial score (nSPS) is 11.3. The highest BCUT2D eigenvalue weighted by Crippen LogP contribution is 2.23. The monoisotopic (exact) mass is 203 g/mol. The van der Waals surface area contributed by atoms with E-state index in [-0.39, 0.29) is 6.04 Å². The molecule has 15 heavy (non-hydrogen) atoms. The van der Waals surface area contributed by atoms with Gasteiger partial charge < -0.3 is 4.74 Å². The average molecular weight is 203 g/mol. The van der Waals surface area contributed by atoms with Crippen molar-refractivity contribution in [2.75, 3.05) is 7.11 Å². The van der Waals surface area contributed by atoms with Gasteiger partial charge in [0, 0.05) is 4.91 Å². The summed E-state index contributed by atoms with van der Waals surface area (Å²) in [7, 11) is 1.61. The Bertz CT molecular complexity index is 366. The van der Waals surface area contributed by atoms with Crippen LogP contribution in [-0.4, -0.2) is 7.11 Å². The molecule has 1 aromatic rings. The average Bonchev–Trinajstić information content (AvgIpc) is 2.29. The number of ether oxygens (including phenoxy) is 1. The molecule has 1 atom stereocenters. The number of rotatable bonds is 5. The lowest BCUT2D eigenvalue weighted by Gasteiger charge is -2.09. The molecular weight excluding hydrogens is 190 g/mol. The fourth-order valence-corrected chi connectivity index (χ4v) is 1.30. The molecule has 0 saturated heterocycles. The summed E-state index contributed by atoms with van der Waals surface area (Å²) < 4.78 is 5.05. The first-order chi connectivity index (χ1) is 7.31. The number of hydrogen-bond acceptors (Lipinski definition) is 2. The summed E-state index contributed by atoms with van der Waals surface area (Å²) >= 11 is 0. The molecule has 0 aromatic heterocycles. The fraction of sp³-hybridized carbons (Fsp3) is 0.273. The van der Waals surface area contributed by atoms with Gasteiger partial charge in [-0.15, -0.1) is 6.58 Å². The summed E-state index contributed by atoms with van der Waals surface area (Å²) in [5.41, 5.74) is 9.39. The molecule has 0 amide bonds. The molecule has 0 aliphatic rings. The third-order valence-corrected chi connectivity index (χ3v) is 2.08. The molecule has 0 aliphatic carbocycles. The van der Waals surface area contributed by atoms with Gasteiger partial charge in [0.1, 0.15) is 5.75 Å². The quantitative estimate of drug-likeness (QED) is 0.312. The van der Waals surface area contributed by atoms with Gasteiger partial charge in [-0.05, 0) is 29.6 Å². The van der Waals surface area contributed by atoms with Crippen LogP contribution in [0.4, 0.5) is 0 Å². The van der Waals surface area contributed by atoms with Gasteiger partial charge in [0.05, 0.1) is 13.2 Å². The van der Waals surface area contributed by atoms with Crippen LogP contribution in [-0.2, 0) is 0 Å². The van der Waals surface area contributed by atoms with Crippen molar-refractivity contribution < 1.29 is 4.74 Å². The summed E-state index contributed by atoms with van der Waals surface area (Å²) in [6, 6.07) is 7.29. The van der Waals surface area contributed by atoms with E-state index in [4.69, 9.17) is 10.3 Å². The molecule has 0 bridgehead atoms. The summed E-state index contributed by atoms with van der Waals surface area (Å²) in [6.07, 6.45) is 2.37. The first-order valence-corrected chi connectivity index (χ1v) is 4.61. The van der Waals surface area contributed by atoms with Crippen molar-refractivity contribution in [1.29, 1.82) is 0 Å². The maximum Gasteiger partial charge on any atom is 0.118 e. The Hall–Kier alpha value is -1.93. The van der Waals surface area contributed by atoms with Crippen LogP contribution in [0.5, 0.6) is 5.75 Å². The summed E-state index contributed by atoms with van der Waals surface area (Å²) in [4.78, 5) is 2.82. The second-order valence-corrected chi connectivity index (χ2v) is 3.02. The fourth-order valence-electron chi connectivity index (χ4n) is 1.30. The van der Waals surface area contributed by atoms with E-state index < -0.39 is 0 Å². The van der Waals surface area contributed by atoms with Crippen molar-refractivity contribution in [2.45, 2.75) is 12.5 Å². The van der Waals surface area contributed by atoms with Crippen LogP contribution in [0.15, 0.2) is 42.0 Å². The molecule has 78 valence electrons. The molecule has 0 aliphatic heterocycles. The highest BCUT2D eigenvalue weighted by Gasteiger charge is 2.06. The number of benzene rings is 1. The van der Waals surface area contributed by atoms with Crippen molar-refractivity contribution in [3.05, 3.63) is 52.9 Å². The van der Waals surface area contributed by atoms with E-state index in [1.807, 2.05) is 24.3 Å². The SMILES string of the molecule is C=CCC(N=[N+]=[N-])c1ccc(OC)cc1. The van der Waals surface area contributed by atoms with Crippen LogP contribution in [0, 0.1) is 0 Å². The second kappa shape index (κ2) is 5.73. The predicted octanol–water partition coefficient (Wildman–Crippen LogP) is 3.62. The van der Waals surface area contributed by atoms with Crippen LogP contribution in [0.3, 0.4) is 0 Å². The molecule has 0 radical (unpaired) electrons. The van der Waals surface area contributed by atoms with E-state index in [0.29, 0.717) is 6.42 Å². The molecule has 4 nitrogen and oxygen atoms in total. The van der Waals surface area contributed by atoms with E-state index in [1.165, 1.54) is 0 Å². The predicted molar refractivity (Wildman–Crippen MR) is 59.7 cm³/mol. The molecule has 4 heteroatoms. The van der Waals surface area contributed by atoms with Crippen molar-refractivity contribution in [3.63, 3.8) is 0 Å². The summed E-state index contributed by atoms with van der Waals surface area (Å²) in [5, 5.41) is 3.71. The van der Waals surface area contributed by atoms with Crippen LogP contribution >= 0.6 is 0 Å². The van der Waals surface area contributed by atoms with Gasteiger partial charge >= 0.3 is 0 Å². The Morgan fingerprint density at radius 2 is 2.20 bits per heavy atom. The minimum Gasteiger partial charge on any atom is -0.497 e. The van der Waals surface area contributed by atoms with E-state index in [9.17, 15) is 0 Å². The Morgan fingerprint density at radius 1 is 1.53 bits per heavy atom. The Labute approximate surface area is 88.8 Å². The third-order valence-electron chi connectivity index (χ3n) is 2.08. The van der Waals surface area contributed by atoms with Gasteiger partial charge in [-0.3, -0.25) is 0 Å². The Balaban J connectivity index is 2.90. The van der Waals surface area contributed by atoms with Gasteiger partial charge in [-0.2, -0.15) is 0 Å². The molecule has 1 unspecified atom stereocenters. The Kier molecular flexibility index (Phi) is 4.26. The van der Waals surface area contributed by atoms with Crippen LogP contribution in [0.1, 0.15) is 18.0 Å². The molecule has 0 saturated carbocycles. The van der Waals surface area contributed by atoms with Crippen molar-refractivity contribution >= 4 is 0 Å². The van der Waals surface area contributed by atoms with E-state index in [0.717, 1.165) is 11.3 Å². The van der Waals surface area contributed by atoms with Gasteiger partial charge in [-0.25, -0.2) is 0 Å². The van der Waals surface area contributed by atoms with Crippen molar-refractivity contribution in [1.82, 2.24) is 0 Å². The lowest BCUT2D eigenvalue weighted by Crippen LogP contribution is -1.93.